The van der Waals surface area contributed by atoms with E-state index in [4.69, 9.17) is 20.8 Å². The Morgan fingerprint density at radius 3 is 2.74 bits per heavy atom. The van der Waals surface area contributed by atoms with Crippen LogP contribution < -0.4 is 10.1 Å². The van der Waals surface area contributed by atoms with Crippen LogP contribution in [0.5, 0.6) is 5.75 Å². The number of nitrogens with one attached hydrogen (secondary N) is 1. The zero-order valence-electron chi connectivity index (χ0n) is 18.5. The number of halogens is 1. The number of hydrogen-bond donors (Lipinski definition) is 1. The molecule has 5 aromatic rings. The van der Waals surface area contributed by atoms with Gasteiger partial charge in [-0.25, -0.2) is 0 Å². The summed E-state index contributed by atoms with van der Waals surface area (Å²) < 4.78 is 13.2. The van der Waals surface area contributed by atoms with Crippen LogP contribution in [0.1, 0.15) is 27.4 Å². The largest absolute Gasteiger partial charge is 0.484 e. The van der Waals surface area contributed by atoms with E-state index in [0.717, 1.165) is 11.1 Å². The summed E-state index contributed by atoms with van der Waals surface area (Å²) in [6.45, 7) is 2.68. The molecular weight excluding hydrogens is 450 g/mol. The number of nitrogens with zero attached hydrogens (tertiary/aromatic N) is 2. The van der Waals surface area contributed by atoms with Crippen molar-refractivity contribution in [1.29, 1.82) is 0 Å². The fourth-order valence-electron chi connectivity index (χ4n) is 3.82. The van der Waals surface area contributed by atoms with Crippen LogP contribution in [0.15, 0.2) is 89.5 Å². The fourth-order valence-corrected chi connectivity index (χ4v) is 4.10. The van der Waals surface area contributed by atoms with Gasteiger partial charge in [-0.05, 0) is 47.0 Å². The number of aryl methyl sites for hydroxylation is 1. The molecule has 2 heterocycles. The molecule has 34 heavy (non-hydrogen) atoms. The highest BCUT2D eigenvalue weighted by Gasteiger charge is 2.14. The third kappa shape index (κ3) is 4.67. The van der Waals surface area contributed by atoms with E-state index >= 15 is 0 Å². The van der Waals surface area contributed by atoms with Crippen molar-refractivity contribution >= 4 is 34.1 Å². The molecule has 2 aromatic heterocycles. The first kappa shape index (κ1) is 21.8. The van der Waals surface area contributed by atoms with Crippen molar-refractivity contribution in [1.82, 2.24) is 9.78 Å². The predicted octanol–water partition coefficient (Wildman–Crippen LogP) is 6.47. The Balaban J connectivity index is 1.22. The Labute approximate surface area is 201 Å². The van der Waals surface area contributed by atoms with Crippen molar-refractivity contribution in [2.45, 2.75) is 20.1 Å². The Morgan fingerprint density at radius 2 is 1.85 bits per heavy atom. The highest BCUT2D eigenvalue weighted by molar-refractivity contribution is 6.32. The van der Waals surface area contributed by atoms with Gasteiger partial charge in [0.15, 0.2) is 11.6 Å². The van der Waals surface area contributed by atoms with Gasteiger partial charge in [0.2, 0.25) is 0 Å². The molecule has 3 aromatic carbocycles. The Bertz CT molecular complexity index is 1450. The lowest BCUT2D eigenvalue weighted by atomic mass is 10.0. The van der Waals surface area contributed by atoms with Crippen molar-refractivity contribution in [2.24, 2.45) is 0 Å². The van der Waals surface area contributed by atoms with E-state index in [2.05, 4.69) is 34.7 Å². The summed E-state index contributed by atoms with van der Waals surface area (Å²) >= 11 is 6.19. The molecule has 0 saturated heterocycles. The molecule has 5 rings (SSSR count). The van der Waals surface area contributed by atoms with Crippen molar-refractivity contribution < 1.29 is 13.9 Å². The second-order valence-corrected chi connectivity index (χ2v) is 8.34. The molecule has 0 aliphatic carbocycles. The van der Waals surface area contributed by atoms with Crippen LogP contribution >= 0.6 is 11.6 Å². The molecule has 0 bridgehead atoms. The van der Waals surface area contributed by atoms with Crippen LogP contribution in [0.2, 0.25) is 5.02 Å². The van der Waals surface area contributed by atoms with Crippen LogP contribution in [-0.2, 0) is 13.2 Å². The summed E-state index contributed by atoms with van der Waals surface area (Å²) in [5, 5.41) is 10.2. The van der Waals surface area contributed by atoms with E-state index in [0.29, 0.717) is 28.9 Å². The number of fused-ring (bicyclic) bond motifs is 1. The second kappa shape index (κ2) is 9.45. The number of benzene rings is 3. The zero-order chi connectivity index (χ0) is 23.5. The first-order chi connectivity index (χ1) is 16.6. The van der Waals surface area contributed by atoms with E-state index in [1.165, 1.54) is 10.8 Å². The summed E-state index contributed by atoms with van der Waals surface area (Å²) in [5.74, 6) is 1.37. The van der Waals surface area contributed by atoms with E-state index in [-0.39, 0.29) is 18.3 Å². The minimum Gasteiger partial charge on any atom is -0.484 e. The summed E-state index contributed by atoms with van der Waals surface area (Å²) in [6, 6.07) is 25.1. The van der Waals surface area contributed by atoms with Gasteiger partial charge in [-0.15, -0.1) is 0 Å². The number of furan rings is 1. The van der Waals surface area contributed by atoms with Gasteiger partial charge in [0.1, 0.15) is 18.1 Å². The molecule has 7 heteroatoms. The number of para-hydroxylation sites is 1. The topological polar surface area (TPSA) is 69.3 Å². The Hall–Kier alpha value is -4.03. The van der Waals surface area contributed by atoms with E-state index < -0.39 is 0 Å². The predicted molar refractivity (Wildman–Crippen MR) is 132 cm³/mol. The molecule has 0 atom stereocenters. The molecule has 0 fully saturated rings. The molecule has 1 amide bonds. The van der Waals surface area contributed by atoms with Gasteiger partial charge < -0.3 is 14.5 Å². The molecule has 1 N–H and O–H groups in total. The van der Waals surface area contributed by atoms with Crippen molar-refractivity contribution in [3.63, 3.8) is 0 Å². The van der Waals surface area contributed by atoms with Gasteiger partial charge in [-0.3, -0.25) is 9.48 Å². The number of anilines is 1. The number of aromatic nitrogens is 2. The third-order valence-corrected chi connectivity index (χ3v) is 5.80. The molecule has 0 spiro atoms. The summed E-state index contributed by atoms with van der Waals surface area (Å²) in [7, 11) is 0. The number of rotatable bonds is 7. The van der Waals surface area contributed by atoms with Crippen LogP contribution in [0.4, 0.5) is 5.82 Å². The first-order valence-corrected chi connectivity index (χ1v) is 11.2. The number of carbonyl (C=O) groups excluding carboxylic acids is 1. The standard InChI is InChI=1S/C27H22ClN3O3/c1-18-6-4-11-23(28)26(18)33-17-21-12-13-24(34-21)27(32)29-25-14-15-31(30-25)16-20-9-5-8-19-7-2-3-10-22(19)20/h2-15H,16-17H2,1H3,(H,29,30,32). The normalized spacial score (nSPS) is 11.0. The maximum atomic E-state index is 12.6. The van der Waals surface area contributed by atoms with Crippen molar-refractivity contribution in [3.05, 3.63) is 113 Å². The van der Waals surface area contributed by atoms with Crippen LogP contribution in [0.3, 0.4) is 0 Å². The quantitative estimate of drug-likeness (QED) is 0.295. The molecule has 0 aliphatic rings. The van der Waals surface area contributed by atoms with Crippen LogP contribution in [0.25, 0.3) is 10.8 Å². The lowest BCUT2D eigenvalue weighted by Crippen LogP contribution is -2.12. The second-order valence-electron chi connectivity index (χ2n) is 7.93. The Kier molecular flexibility index (Phi) is 6.06. The average Bonchev–Trinajstić information content (AvgIpc) is 3.49. The smallest absolute Gasteiger partial charge is 0.292 e. The summed E-state index contributed by atoms with van der Waals surface area (Å²) in [6.07, 6.45) is 1.84. The van der Waals surface area contributed by atoms with Gasteiger partial charge in [-0.2, -0.15) is 5.10 Å². The highest BCUT2D eigenvalue weighted by atomic mass is 35.5. The maximum Gasteiger partial charge on any atom is 0.292 e. The molecule has 0 radical (unpaired) electrons. The number of carbonyl (C=O) groups is 1. The zero-order valence-corrected chi connectivity index (χ0v) is 19.3. The minimum absolute atomic E-state index is 0.164. The molecule has 170 valence electrons. The highest BCUT2D eigenvalue weighted by Crippen LogP contribution is 2.29. The molecular formula is C27H22ClN3O3. The SMILES string of the molecule is Cc1cccc(Cl)c1OCc1ccc(C(=O)Nc2ccn(Cc3cccc4ccccc34)n2)o1. The molecule has 6 nitrogen and oxygen atoms in total. The Morgan fingerprint density at radius 1 is 1.03 bits per heavy atom. The van der Waals surface area contributed by atoms with Gasteiger partial charge in [0.25, 0.3) is 5.91 Å². The van der Waals surface area contributed by atoms with Gasteiger partial charge in [-0.1, -0.05) is 66.2 Å². The first-order valence-electron chi connectivity index (χ1n) is 10.8. The maximum absolute atomic E-state index is 12.6. The molecule has 0 unspecified atom stereocenters. The fraction of sp³-hybridized carbons (Fsp3) is 0.111. The summed E-state index contributed by atoms with van der Waals surface area (Å²) in [5.41, 5.74) is 2.08. The molecule has 0 saturated carbocycles. The monoisotopic (exact) mass is 471 g/mol. The van der Waals surface area contributed by atoms with E-state index in [9.17, 15) is 4.79 Å². The number of amides is 1. The van der Waals surface area contributed by atoms with Crippen molar-refractivity contribution in [3.8, 4) is 5.75 Å². The van der Waals surface area contributed by atoms with Gasteiger partial charge in [0, 0.05) is 12.3 Å². The van der Waals surface area contributed by atoms with Crippen LogP contribution in [-0.4, -0.2) is 15.7 Å². The average molecular weight is 472 g/mol. The molecule has 0 aliphatic heterocycles. The van der Waals surface area contributed by atoms with Gasteiger partial charge in [0.05, 0.1) is 11.6 Å². The van der Waals surface area contributed by atoms with Crippen molar-refractivity contribution in [2.75, 3.05) is 5.32 Å². The third-order valence-electron chi connectivity index (χ3n) is 5.50. The lowest BCUT2D eigenvalue weighted by Gasteiger charge is -2.09. The van der Waals surface area contributed by atoms with Gasteiger partial charge >= 0.3 is 0 Å². The summed E-state index contributed by atoms with van der Waals surface area (Å²) in [4.78, 5) is 12.6. The lowest BCUT2D eigenvalue weighted by molar-refractivity contribution is 0.0992. The number of ether oxygens (including phenoxy) is 1. The van der Waals surface area contributed by atoms with E-state index in [1.807, 2.05) is 43.5 Å². The van der Waals surface area contributed by atoms with E-state index in [1.54, 1.807) is 28.9 Å². The number of hydrogen-bond acceptors (Lipinski definition) is 4. The minimum atomic E-state index is -0.379. The van der Waals surface area contributed by atoms with Crippen LogP contribution in [0, 0.1) is 6.92 Å².